The predicted molar refractivity (Wildman–Crippen MR) is 75.0 cm³/mol. The van der Waals surface area contributed by atoms with Crippen LogP contribution >= 0.6 is 11.8 Å². The highest BCUT2D eigenvalue weighted by Gasteiger charge is 2.24. The Hall–Kier alpha value is -0.910. The highest BCUT2D eigenvalue weighted by atomic mass is 32.2. The van der Waals surface area contributed by atoms with E-state index in [4.69, 9.17) is 5.11 Å². The highest BCUT2D eigenvalue weighted by molar-refractivity contribution is 7.98. The van der Waals surface area contributed by atoms with Crippen molar-refractivity contribution in [2.75, 3.05) is 12.0 Å². The molecule has 0 aromatic heterocycles. The van der Waals surface area contributed by atoms with Gasteiger partial charge in [0.2, 0.25) is 0 Å². The van der Waals surface area contributed by atoms with Crippen molar-refractivity contribution in [3.8, 4) is 0 Å². The normalized spacial score (nSPS) is 14.7. The Labute approximate surface area is 113 Å². The van der Waals surface area contributed by atoms with Gasteiger partial charge in [-0.15, -0.1) is 0 Å². The van der Waals surface area contributed by atoms with E-state index >= 15 is 0 Å². The molecule has 5 nitrogen and oxygen atoms in total. The maximum absolute atomic E-state index is 11.7. The molecule has 3 N–H and O–H groups in total. The third-order valence-corrected chi connectivity index (χ3v) is 3.50. The minimum Gasteiger partial charge on any atom is -0.480 e. The maximum Gasteiger partial charge on any atom is 0.326 e. The van der Waals surface area contributed by atoms with E-state index in [1.807, 2.05) is 34.0 Å². The molecule has 0 saturated heterocycles. The molecule has 0 aliphatic rings. The van der Waals surface area contributed by atoms with Gasteiger partial charge in [-0.3, -0.25) is 0 Å². The summed E-state index contributed by atoms with van der Waals surface area (Å²) in [6, 6.07) is -1.29. The summed E-state index contributed by atoms with van der Waals surface area (Å²) < 4.78 is 0. The van der Waals surface area contributed by atoms with E-state index in [1.165, 1.54) is 0 Å². The molecule has 2 amide bonds. The lowest BCUT2D eigenvalue weighted by atomic mass is 9.88. The molecule has 0 aromatic rings. The molecular weight excluding hydrogens is 252 g/mol. The van der Waals surface area contributed by atoms with Gasteiger partial charge in [0.25, 0.3) is 0 Å². The molecule has 0 saturated carbocycles. The second-order valence-electron chi connectivity index (χ2n) is 5.38. The third-order valence-electron chi connectivity index (χ3n) is 2.86. The number of thioether (sulfide) groups is 1. The van der Waals surface area contributed by atoms with Gasteiger partial charge in [-0.1, -0.05) is 20.8 Å². The average Bonchev–Trinajstić information content (AvgIpc) is 2.22. The Balaban J connectivity index is 4.30. The number of carbonyl (C=O) groups excluding carboxylic acids is 1. The molecule has 106 valence electrons. The fourth-order valence-electron chi connectivity index (χ4n) is 1.11. The van der Waals surface area contributed by atoms with Gasteiger partial charge in [-0.2, -0.15) is 11.8 Å². The lowest BCUT2D eigenvalue weighted by molar-refractivity contribution is -0.139. The Morgan fingerprint density at radius 3 is 2.22 bits per heavy atom. The van der Waals surface area contributed by atoms with Gasteiger partial charge < -0.3 is 15.7 Å². The zero-order valence-electron chi connectivity index (χ0n) is 11.7. The summed E-state index contributed by atoms with van der Waals surface area (Å²) >= 11 is 1.56. The topological polar surface area (TPSA) is 78.4 Å². The van der Waals surface area contributed by atoms with E-state index in [0.29, 0.717) is 12.2 Å². The van der Waals surface area contributed by atoms with Crippen LogP contribution in [0.2, 0.25) is 0 Å². The number of hydrogen-bond donors (Lipinski definition) is 3. The molecule has 1 unspecified atom stereocenters. The fourth-order valence-corrected chi connectivity index (χ4v) is 1.58. The zero-order chi connectivity index (χ0) is 14.3. The standard InChI is InChI=1S/C12H24N2O3S/c1-8(12(2,3)4)13-11(17)14-9(10(15)16)6-7-18-5/h8-9H,6-7H2,1-5H3,(H,15,16)(H2,13,14,17)/t8?,9-/m0/s1. The Morgan fingerprint density at radius 2 is 1.83 bits per heavy atom. The van der Waals surface area contributed by atoms with Crippen LogP contribution in [0, 0.1) is 5.41 Å². The van der Waals surface area contributed by atoms with E-state index in [9.17, 15) is 9.59 Å². The number of urea groups is 1. The molecule has 2 atom stereocenters. The summed E-state index contributed by atoms with van der Waals surface area (Å²) in [6.45, 7) is 7.94. The van der Waals surface area contributed by atoms with Gasteiger partial charge in [0.15, 0.2) is 0 Å². The van der Waals surface area contributed by atoms with Crippen LogP contribution < -0.4 is 10.6 Å². The van der Waals surface area contributed by atoms with Gasteiger partial charge in [0.05, 0.1) is 0 Å². The highest BCUT2D eigenvalue weighted by Crippen LogP contribution is 2.18. The summed E-state index contributed by atoms with van der Waals surface area (Å²) in [5, 5.41) is 14.2. The first-order valence-electron chi connectivity index (χ1n) is 5.97. The van der Waals surface area contributed by atoms with Crippen molar-refractivity contribution >= 4 is 23.8 Å². The summed E-state index contributed by atoms with van der Waals surface area (Å²) in [5.41, 5.74) is -0.0602. The van der Waals surface area contributed by atoms with Crippen molar-refractivity contribution in [1.29, 1.82) is 0 Å². The van der Waals surface area contributed by atoms with E-state index in [1.54, 1.807) is 11.8 Å². The number of carboxylic acid groups (broad SMARTS) is 1. The number of carboxylic acids is 1. The molecular formula is C12H24N2O3S. The molecule has 0 bridgehead atoms. The maximum atomic E-state index is 11.7. The number of hydrogen-bond acceptors (Lipinski definition) is 3. The molecule has 0 aliphatic heterocycles. The Kier molecular flexibility index (Phi) is 7.13. The first-order chi connectivity index (χ1) is 8.18. The predicted octanol–water partition coefficient (Wildman–Crippen LogP) is 1.93. The number of amides is 2. The van der Waals surface area contributed by atoms with E-state index in [2.05, 4.69) is 10.6 Å². The number of aliphatic carboxylic acids is 1. The van der Waals surface area contributed by atoms with Crippen LogP contribution in [0.15, 0.2) is 0 Å². The second-order valence-corrected chi connectivity index (χ2v) is 6.36. The number of nitrogens with one attached hydrogen (secondary N) is 2. The molecule has 0 aromatic carbocycles. The minimum absolute atomic E-state index is 0.0347. The van der Waals surface area contributed by atoms with Crippen LogP contribution in [-0.4, -0.2) is 41.2 Å². The minimum atomic E-state index is -0.998. The van der Waals surface area contributed by atoms with Crippen LogP contribution in [0.3, 0.4) is 0 Å². The van der Waals surface area contributed by atoms with Crippen molar-refractivity contribution in [1.82, 2.24) is 10.6 Å². The fraction of sp³-hybridized carbons (Fsp3) is 0.833. The van der Waals surface area contributed by atoms with Crippen LogP contribution in [0.4, 0.5) is 4.79 Å². The molecule has 0 rings (SSSR count). The van der Waals surface area contributed by atoms with Crippen LogP contribution in [0.5, 0.6) is 0 Å². The third kappa shape index (κ3) is 6.74. The largest absolute Gasteiger partial charge is 0.480 e. The van der Waals surface area contributed by atoms with Gasteiger partial charge in [-0.25, -0.2) is 9.59 Å². The van der Waals surface area contributed by atoms with Crippen molar-refractivity contribution in [2.24, 2.45) is 5.41 Å². The molecule has 0 fully saturated rings. The molecule has 0 spiro atoms. The smallest absolute Gasteiger partial charge is 0.326 e. The summed E-state index contributed by atoms with van der Waals surface area (Å²) in [6.07, 6.45) is 2.33. The van der Waals surface area contributed by atoms with Crippen molar-refractivity contribution in [3.63, 3.8) is 0 Å². The van der Waals surface area contributed by atoms with Crippen molar-refractivity contribution in [2.45, 2.75) is 46.2 Å². The van der Waals surface area contributed by atoms with E-state index in [0.717, 1.165) is 0 Å². The molecule has 0 heterocycles. The van der Waals surface area contributed by atoms with Crippen LogP contribution in [-0.2, 0) is 4.79 Å². The summed E-state index contributed by atoms with van der Waals surface area (Å²) in [5.74, 6) is -0.297. The Bertz CT molecular complexity index is 290. The van der Waals surface area contributed by atoms with Gasteiger partial charge >= 0.3 is 12.0 Å². The lowest BCUT2D eigenvalue weighted by Crippen LogP contribution is -2.51. The first-order valence-corrected chi connectivity index (χ1v) is 7.36. The SMILES string of the molecule is CSCC[C@H](NC(=O)NC(C)C(C)(C)C)C(=O)O. The van der Waals surface area contributed by atoms with Crippen molar-refractivity contribution in [3.05, 3.63) is 0 Å². The summed E-state index contributed by atoms with van der Waals surface area (Å²) in [4.78, 5) is 22.7. The quantitative estimate of drug-likeness (QED) is 0.692. The number of rotatable bonds is 6. The lowest BCUT2D eigenvalue weighted by Gasteiger charge is -2.28. The Morgan fingerprint density at radius 1 is 1.28 bits per heavy atom. The zero-order valence-corrected chi connectivity index (χ0v) is 12.6. The summed E-state index contributed by atoms with van der Waals surface area (Å²) in [7, 11) is 0. The monoisotopic (exact) mass is 276 g/mol. The molecule has 18 heavy (non-hydrogen) atoms. The molecule has 0 radical (unpaired) electrons. The number of carbonyl (C=O) groups is 2. The van der Waals surface area contributed by atoms with Crippen LogP contribution in [0.25, 0.3) is 0 Å². The van der Waals surface area contributed by atoms with Crippen LogP contribution in [0.1, 0.15) is 34.1 Å². The van der Waals surface area contributed by atoms with E-state index < -0.39 is 18.0 Å². The van der Waals surface area contributed by atoms with Gasteiger partial charge in [-0.05, 0) is 30.8 Å². The van der Waals surface area contributed by atoms with Gasteiger partial charge in [0.1, 0.15) is 6.04 Å². The average molecular weight is 276 g/mol. The molecule has 0 aliphatic carbocycles. The van der Waals surface area contributed by atoms with Gasteiger partial charge in [0, 0.05) is 6.04 Å². The first kappa shape index (κ1) is 17.1. The van der Waals surface area contributed by atoms with E-state index in [-0.39, 0.29) is 11.5 Å². The van der Waals surface area contributed by atoms with Crippen molar-refractivity contribution < 1.29 is 14.7 Å². The second kappa shape index (κ2) is 7.51. The molecule has 6 heteroatoms.